The normalized spacial score (nSPS) is 15.8. The Bertz CT molecular complexity index is 1220. The van der Waals surface area contributed by atoms with Crippen LogP contribution in [0.25, 0.3) is 10.2 Å². The first-order chi connectivity index (χ1) is 14.8. The van der Waals surface area contributed by atoms with E-state index in [0.717, 1.165) is 15.8 Å². The molecule has 0 bridgehead atoms. The van der Waals surface area contributed by atoms with Gasteiger partial charge in [0.05, 0.1) is 16.7 Å². The number of aryl methyl sites for hydroxylation is 1. The summed E-state index contributed by atoms with van der Waals surface area (Å²) in [6.45, 7) is 2.56. The van der Waals surface area contributed by atoms with Crippen molar-refractivity contribution in [3.63, 3.8) is 0 Å². The van der Waals surface area contributed by atoms with E-state index in [1.54, 1.807) is 19.2 Å². The second-order valence-electron chi connectivity index (χ2n) is 7.40. The minimum absolute atomic E-state index is 0.140. The summed E-state index contributed by atoms with van der Waals surface area (Å²) in [5.74, 6) is 0.254. The van der Waals surface area contributed by atoms with Crippen molar-refractivity contribution < 1.29 is 17.9 Å². The van der Waals surface area contributed by atoms with Crippen molar-refractivity contribution in [3.05, 3.63) is 47.0 Å². The zero-order valence-electron chi connectivity index (χ0n) is 17.1. The van der Waals surface area contributed by atoms with Gasteiger partial charge in [0.25, 0.3) is 0 Å². The zero-order chi connectivity index (χ0) is 22.2. The molecule has 0 spiro atoms. The molecule has 1 fully saturated rings. The monoisotopic (exact) mass is 479 g/mol. The largest absolute Gasteiger partial charge is 0.494 e. The molecule has 4 rings (SSSR count). The number of aromatic nitrogens is 1. The van der Waals surface area contributed by atoms with E-state index in [4.69, 9.17) is 16.3 Å². The van der Waals surface area contributed by atoms with Crippen molar-refractivity contribution >= 4 is 54.2 Å². The summed E-state index contributed by atoms with van der Waals surface area (Å²) in [6, 6.07) is 9.94. The third kappa shape index (κ3) is 4.41. The summed E-state index contributed by atoms with van der Waals surface area (Å²) >= 11 is 7.26. The van der Waals surface area contributed by atoms with Crippen LogP contribution in [0.2, 0.25) is 5.02 Å². The van der Waals surface area contributed by atoms with Gasteiger partial charge in [0, 0.05) is 24.0 Å². The Hall–Kier alpha value is -2.20. The zero-order valence-corrected chi connectivity index (χ0v) is 19.5. The summed E-state index contributed by atoms with van der Waals surface area (Å²) in [5, 5.41) is 3.90. The minimum atomic E-state index is -3.60. The Labute approximate surface area is 190 Å². The van der Waals surface area contributed by atoms with Crippen LogP contribution in [0.1, 0.15) is 18.4 Å². The summed E-state index contributed by atoms with van der Waals surface area (Å²) in [5.41, 5.74) is 1.79. The third-order valence-corrected chi connectivity index (χ3v) is 8.70. The number of amides is 1. The number of nitrogens with zero attached hydrogens (tertiary/aromatic N) is 2. The summed E-state index contributed by atoms with van der Waals surface area (Å²) in [7, 11) is -2.01. The number of nitrogens with one attached hydrogen (secondary N) is 1. The molecular formula is C21H22ClN3O4S2. The maximum absolute atomic E-state index is 12.8. The molecule has 2 aromatic carbocycles. The number of piperidine rings is 1. The van der Waals surface area contributed by atoms with E-state index >= 15 is 0 Å². The van der Waals surface area contributed by atoms with Gasteiger partial charge in [0.15, 0.2) is 5.13 Å². The molecule has 1 aliphatic heterocycles. The van der Waals surface area contributed by atoms with Gasteiger partial charge in [-0.15, -0.1) is 0 Å². The number of anilines is 1. The first-order valence-electron chi connectivity index (χ1n) is 9.80. The predicted molar refractivity (Wildman–Crippen MR) is 122 cm³/mol. The maximum atomic E-state index is 12.8. The second kappa shape index (κ2) is 8.74. The Morgan fingerprint density at radius 1 is 1.19 bits per heavy atom. The molecule has 1 aromatic heterocycles. The van der Waals surface area contributed by atoms with Crippen LogP contribution in [0.5, 0.6) is 5.75 Å². The standard InChI is InChI=1S/C21H22ClN3O4S2/c1-13-3-8-17(29-2)18-19(13)30-21(23-18)24-20(26)14-9-11-25(12-10-14)31(27,28)16-6-4-15(22)5-7-16/h3-8,14H,9-12H2,1-2H3,(H,23,24,26). The number of carbonyl (C=O) groups excluding carboxylic acids is 1. The highest BCUT2D eigenvalue weighted by molar-refractivity contribution is 7.89. The second-order valence-corrected chi connectivity index (χ2v) is 10.8. The van der Waals surface area contributed by atoms with Crippen molar-refractivity contribution in [3.8, 4) is 5.75 Å². The van der Waals surface area contributed by atoms with Crippen molar-refractivity contribution in [1.82, 2.24) is 9.29 Å². The van der Waals surface area contributed by atoms with E-state index in [2.05, 4.69) is 10.3 Å². The van der Waals surface area contributed by atoms with Crippen LogP contribution in [-0.4, -0.2) is 43.8 Å². The molecule has 10 heteroatoms. The predicted octanol–water partition coefficient (Wildman–Crippen LogP) is 4.31. The summed E-state index contributed by atoms with van der Waals surface area (Å²) < 4.78 is 33.4. The van der Waals surface area contributed by atoms with Crippen LogP contribution in [0, 0.1) is 12.8 Å². The SMILES string of the molecule is COc1ccc(C)c2sc(NC(=O)C3CCN(S(=O)(=O)c4ccc(Cl)cc4)CC3)nc12. The van der Waals surface area contributed by atoms with Crippen molar-refractivity contribution in [1.29, 1.82) is 0 Å². The van der Waals surface area contributed by atoms with Gasteiger partial charge in [0.1, 0.15) is 11.3 Å². The van der Waals surface area contributed by atoms with Gasteiger partial charge in [0.2, 0.25) is 15.9 Å². The molecule has 0 unspecified atom stereocenters. The average Bonchev–Trinajstić information content (AvgIpc) is 3.19. The highest BCUT2D eigenvalue weighted by atomic mass is 35.5. The van der Waals surface area contributed by atoms with Gasteiger partial charge >= 0.3 is 0 Å². The molecule has 1 aliphatic rings. The highest BCUT2D eigenvalue weighted by Crippen LogP contribution is 2.35. The molecule has 1 N–H and O–H groups in total. The Morgan fingerprint density at radius 3 is 2.52 bits per heavy atom. The molecule has 0 aliphatic carbocycles. The lowest BCUT2D eigenvalue weighted by Crippen LogP contribution is -2.41. The lowest BCUT2D eigenvalue weighted by atomic mass is 9.97. The maximum Gasteiger partial charge on any atom is 0.243 e. The lowest BCUT2D eigenvalue weighted by Gasteiger charge is -2.30. The van der Waals surface area contributed by atoms with Gasteiger partial charge in [-0.1, -0.05) is 29.0 Å². The Kier molecular flexibility index (Phi) is 6.20. The molecule has 0 atom stereocenters. The molecule has 0 saturated carbocycles. The summed E-state index contributed by atoms with van der Waals surface area (Å²) in [6.07, 6.45) is 0.901. The third-order valence-electron chi connectivity index (χ3n) is 5.43. The molecule has 1 saturated heterocycles. The fraction of sp³-hybridized carbons (Fsp3) is 0.333. The van der Waals surface area contributed by atoms with Crippen LogP contribution < -0.4 is 10.1 Å². The molecule has 1 amide bonds. The fourth-order valence-electron chi connectivity index (χ4n) is 3.65. The molecule has 0 radical (unpaired) electrons. The van der Waals surface area contributed by atoms with E-state index in [-0.39, 0.29) is 29.8 Å². The van der Waals surface area contributed by atoms with Crippen LogP contribution in [0.4, 0.5) is 5.13 Å². The van der Waals surface area contributed by atoms with E-state index in [0.29, 0.717) is 28.7 Å². The number of benzene rings is 2. The molecule has 3 aromatic rings. The van der Waals surface area contributed by atoms with E-state index in [1.807, 2.05) is 19.1 Å². The number of fused-ring (bicyclic) bond motifs is 1. The number of ether oxygens (including phenoxy) is 1. The molecule has 31 heavy (non-hydrogen) atoms. The van der Waals surface area contributed by atoms with Gasteiger partial charge in [-0.25, -0.2) is 13.4 Å². The topological polar surface area (TPSA) is 88.6 Å². The first kappa shape index (κ1) is 22.0. The number of hydrogen-bond acceptors (Lipinski definition) is 6. The Morgan fingerprint density at radius 2 is 1.87 bits per heavy atom. The van der Waals surface area contributed by atoms with Crippen molar-refractivity contribution in [2.24, 2.45) is 5.92 Å². The van der Waals surface area contributed by atoms with Crippen molar-refractivity contribution in [2.45, 2.75) is 24.7 Å². The molecule has 2 heterocycles. The molecular weight excluding hydrogens is 458 g/mol. The Balaban J connectivity index is 1.42. The number of sulfonamides is 1. The average molecular weight is 480 g/mol. The van der Waals surface area contributed by atoms with Gasteiger partial charge < -0.3 is 10.1 Å². The highest BCUT2D eigenvalue weighted by Gasteiger charge is 2.32. The number of hydrogen-bond donors (Lipinski definition) is 1. The minimum Gasteiger partial charge on any atom is -0.494 e. The number of thiazole rings is 1. The number of methoxy groups -OCH3 is 1. The van der Waals surface area contributed by atoms with Crippen molar-refractivity contribution in [2.75, 3.05) is 25.5 Å². The van der Waals surface area contributed by atoms with Gasteiger partial charge in [-0.05, 0) is 55.7 Å². The van der Waals surface area contributed by atoms with Crippen LogP contribution in [0.15, 0.2) is 41.3 Å². The fourth-order valence-corrected chi connectivity index (χ4v) is 6.20. The van der Waals surface area contributed by atoms with Crippen LogP contribution in [-0.2, 0) is 14.8 Å². The number of halogens is 1. The van der Waals surface area contributed by atoms with Crippen LogP contribution in [0.3, 0.4) is 0 Å². The van der Waals surface area contributed by atoms with Crippen LogP contribution >= 0.6 is 22.9 Å². The quantitative estimate of drug-likeness (QED) is 0.589. The van der Waals surface area contributed by atoms with E-state index < -0.39 is 10.0 Å². The smallest absolute Gasteiger partial charge is 0.243 e. The van der Waals surface area contributed by atoms with E-state index in [1.165, 1.54) is 27.8 Å². The lowest BCUT2D eigenvalue weighted by molar-refractivity contribution is -0.120. The number of rotatable bonds is 5. The van der Waals surface area contributed by atoms with E-state index in [9.17, 15) is 13.2 Å². The summed E-state index contributed by atoms with van der Waals surface area (Å²) in [4.78, 5) is 17.5. The van der Waals surface area contributed by atoms with Gasteiger partial charge in [-0.2, -0.15) is 4.31 Å². The number of carbonyl (C=O) groups is 1. The molecule has 164 valence electrons. The molecule has 7 nitrogen and oxygen atoms in total. The first-order valence-corrected chi connectivity index (χ1v) is 12.4. The van der Waals surface area contributed by atoms with Gasteiger partial charge in [-0.3, -0.25) is 4.79 Å².